The van der Waals surface area contributed by atoms with Crippen molar-refractivity contribution < 1.29 is 18.9 Å². The minimum absolute atomic E-state index is 0.571. The number of thiol groups is 1. The van der Waals surface area contributed by atoms with Crippen LogP contribution in [0.3, 0.4) is 0 Å². The number of unbranched alkanes of at least 4 members (excludes halogenated alkanes) is 2. The Labute approximate surface area is 78.0 Å². The Morgan fingerprint density at radius 2 is 2.08 bits per heavy atom. The molecule has 0 aromatic heterocycles. The summed E-state index contributed by atoms with van der Waals surface area (Å²) in [5.74, 6) is 0. The second kappa shape index (κ2) is 6.00. The van der Waals surface area contributed by atoms with Crippen molar-refractivity contribution in [3.63, 3.8) is 0 Å². The number of rotatable bonds is 6. The molecule has 0 spiro atoms. The Morgan fingerprint density at radius 3 is 2.50 bits per heavy atom. The molecule has 4 nitrogen and oxygen atoms in total. The van der Waals surface area contributed by atoms with Gasteiger partial charge in [0.1, 0.15) is 5.44 Å². The first-order valence-corrected chi connectivity index (χ1v) is 5.92. The molecule has 0 saturated carbocycles. The average Bonchev–Trinajstić information content (AvgIpc) is 1.84. The highest BCUT2D eigenvalue weighted by atomic mass is 32.1. The summed E-state index contributed by atoms with van der Waals surface area (Å²) < 4.78 is 14.6. The third kappa shape index (κ3) is 8.56. The molecule has 0 saturated heterocycles. The highest BCUT2D eigenvalue weighted by Gasteiger charge is 2.18. The normalized spacial score (nSPS) is 14.7. The van der Waals surface area contributed by atoms with Gasteiger partial charge >= 0.3 is 7.82 Å². The fourth-order valence-corrected chi connectivity index (χ4v) is 1.75. The van der Waals surface area contributed by atoms with Gasteiger partial charge in [0, 0.05) is 0 Å². The van der Waals surface area contributed by atoms with Gasteiger partial charge in [-0.05, 0) is 12.8 Å². The zero-order valence-electron chi connectivity index (χ0n) is 7.01. The minimum Gasteiger partial charge on any atom is -0.303 e. The van der Waals surface area contributed by atoms with E-state index in [-0.39, 0.29) is 0 Å². The quantitative estimate of drug-likeness (QED) is 0.273. The van der Waals surface area contributed by atoms with E-state index in [2.05, 4.69) is 24.1 Å². The van der Waals surface area contributed by atoms with E-state index in [0.717, 1.165) is 19.3 Å². The van der Waals surface area contributed by atoms with Gasteiger partial charge in [0.2, 0.25) is 0 Å². The molecule has 0 aliphatic heterocycles. The average molecular weight is 214 g/mol. The SMILES string of the molecule is CCCCCC(S)OP(=O)(O)O. The van der Waals surface area contributed by atoms with Crippen LogP contribution in [-0.2, 0) is 9.09 Å². The maximum atomic E-state index is 10.3. The van der Waals surface area contributed by atoms with Gasteiger partial charge in [0.15, 0.2) is 0 Å². The third-order valence-electron chi connectivity index (χ3n) is 1.31. The summed E-state index contributed by atoms with van der Waals surface area (Å²) in [6.07, 6.45) is 3.55. The smallest absolute Gasteiger partial charge is 0.303 e. The van der Waals surface area contributed by atoms with Crippen LogP contribution in [0.4, 0.5) is 0 Å². The fraction of sp³-hybridized carbons (Fsp3) is 1.00. The van der Waals surface area contributed by atoms with E-state index >= 15 is 0 Å². The second-order valence-corrected chi connectivity index (χ2v) is 4.31. The largest absolute Gasteiger partial charge is 0.470 e. The van der Waals surface area contributed by atoms with E-state index in [1.807, 2.05) is 0 Å². The van der Waals surface area contributed by atoms with Crippen molar-refractivity contribution in [2.45, 2.75) is 38.0 Å². The van der Waals surface area contributed by atoms with Gasteiger partial charge in [-0.2, -0.15) is 0 Å². The van der Waals surface area contributed by atoms with Crippen molar-refractivity contribution in [3.8, 4) is 0 Å². The molecular weight excluding hydrogens is 199 g/mol. The van der Waals surface area contributed by atoms with E-state index in [1.165, 1.54) is 0 Å². The molecule has 0 rings (SSSR count). The lowest BCUT2D eigenvalue weighted by Crippen LogP contribution is -2.02. The van der Waals surface area contributed by atoms with Crippen LogP contribution in [0.15, 0.2) is 0 Å². The Morgan fingerprint density at radius 1 is 1.50 bits per heavy atom. The Hall–Kier alpha value is 0.460. The number of hydrogen-bond donors (Lipinski definition) is 3. The molecule has 2 N–H and O–H groups in total. The van der Waals surface area contributed by atoms with E-state index < -0.39 is 13.3 Å². The number of phosphoric ester groups is 1. The lowest BCUT2D eigenvalue weighted by atomic mass is 10.2. The van der Waals surface area contributed by atoms with Crippen molar-refractivity contribution in [2.75, 3.05) is 0 Å². The molecule has 0 aliphatic rings. The van der Waals surface area contributed by atoms with Gasteiger partial charge in [-0.15, -0.1) is 12.6 Å². The van der Waals surface area contributed by atoms with Crippen LogP contribution in [0, 0.1) is 0 Å². The minimum atomic E-state index is -4.35. The van der Waals surface area contributed by atoms with Gasteiger partial charge < -0.3 is 9.79 Å². The van der Waals surface area contributed by atoms with Gasteiger partial charge in [0.25, 0.3) is 0 Å². The zero-order chi connectivity index (χ0) is 9.61. The van der Waals surface area contributed by atoms with Crippen LogP contribution in [-0.4, -0.2) is 15.2 Å². The van der Waals surface area contributed by atoms with Gasteiger partial charge in [-0.25, -0.2) is 4.57 Å². The first-order valence-electron chi connectivity index (χ1n) is 3.87. The van der Waals surface area contributed by atoms with Crippen LogP contribution in [0.2, 0.25) is 0 Å². The van der Waals surface area contributed by atoms with Gasteiger partial charge in [0.05, 0.1) is 0 Å². The number of phosphoric acid groups is 1. The van der Waals surface area contributed by atoms with Crippen molar-refractivity contribution in [2.24, 2.45) is 0 Å². The maximum Gasteiger partial charge on any atom is 0.470 e. The predicted molar refractivity (Wildman–Crippen MR) is 50.0 cm³/mol. The third-order valence-corrected chi connectivity index (χ3v) is 2.37. The predicted octanol–water partition coefficient (Wildman–Crippen LogP) is 1.93. The molecule has 0 aliphatic carbocycles. The molecule has 0 heterocycles. The summed E-state index contributed by atoms with van der Waals surface area (Å²) in [4.78, 5) is 16.8. The second-order valence-electron chi connectivity index (χ2n) is 2.55. The summed E-state index contributed by atoms with van der Waals surface area (Å²) in [7, 11) is -4.35. The molecule has 1 unspecified atom stereocenters. The molecule has 74 valence electrons. The first-order chi connectivity index (χ1) is 5.45. The summed E-state index contributed by atoms with van der Waals surface area (Å²) >= 11 is 3.88. The molecule has 1 atom stereocenters. The van der Waals surface area contributed by atoms with Gasteiger partial charge in [-0.1, -0.05) is 19.8 Å². The van der Waals surface area contributed by atoms with Crippen LogP contribution >= 0.6 is 20.5 Å². The monoisotopic (exact) mass is 214 g/mol. The molecular formula is C6H15O4PS. The van der Waals surface area contributed by atoms with Crippen molar-refractivity contribution in [3.05, 3.63) is 0 Å². The molecule has 6 heteroatoms. The molecule has 0 amide bonds. The van der Waals surface area contributed by atoms with E-state index in [4.69, 9.17) is 9.79 Å². The summed E-state index contributed by atoms with van der Waals surface area (Å²) in [6, 6.07) is 0. The van der Waals surface area contributed by atoms with E-state index in [1.54, 1.807) is 0 Å². The molecule has 0 aromatic rings. The van der Waals surface area contributed by atoms with Crippen LogP contribution < -0.4 is 0 Å². The Balaban J connectivity index is 3.46. The highest BCUT2D eigenvalue weighted by Crippen LogP contribution is 2.39. The molecule has 0 aromatic carbocycles. The van der Waals surface area contributed by atoms with Gasteiger partial charge in [-0.3, -0.25) is 4.52 Å². The van der Waals surface area contributed by atoms with Crippen molar-refractivity contribution >= 4 is 20.5 Å². The molecule has 0 radical (unpaired) electrons. The van der Waals surface area contributed by atoms with Crippen molar-refractivity contribution in [1.82, 2.24) is 0 Å². The summed E-state index contributed by atoms with van der Waals surface area (Å²) in [6.45, 7) is 2.05. The zero-order valence-corrected chi connectivity index (χ0v) is 8.80. The van der Waals surface area contributed by atoms with Crippen molar-refractivity contribution in [1.29, 1.82) is 0 Å². The van der Waals surface area contributed by atoms with E-state index in [0.29, 0.717) is 6.42 Å². The van der Waals surface area contributed by atoms with Crippen LogP contribution in [0.5, 0.6) is 0 Å². The highest BCUT2D eigenvalue weighted by molar-refractivity contribution is 7.81. The first kappa shape index (κ1) is 12.5. The fourth-order valence-electron chi connectivity index (χ4n) is 0.780. The van der Waals surface area contributed by atoms with E-state index in [9.17, 15) is 4.57 Å². The molecule has 12 heavy (non-hydrogen) atoms. The van der Waals surface area contributed by atoms with Crippen LogP contribution in [0.1, 0.15) is 32.6 Å². The topological polar surface area (TPSA) is 66.8 Å². The Kier molecular flexibility index (Phi) is 6.23. The molecule has 0 fully saturated rings. The molecule has 0 bridgehead atoms. The summed E-state index contributed by atoms with van der Waals surface area (Å²) in [5, 5.41) is 0. The summed E-state index contributed by atoms with van der Waals surface area (Å²) in [5.41, 5.74) is -0.655. The number of hydrogen-bond acceptors (Lipinski definition) is 3. The Bertz CT molecular complexity index is 158. The lowest BCUT2D eigenvalue weighted by molar-refractivity contribution is 0.176. The maximum absolute atomic E-state index is 10.3. The van der Waals surface area contributed by atoms with Crippen LogP contribution in [0.25, 0.3) is 0 Å². The lowest BCUT2D eigenvalue weighted by Gasteiger charge is -2.11. The standard InChI is InChI=1S/C6H15O4PS/c1-2-3-4-5-6(12)10-11(7,8)9/h6,12H,2-5H2,1H3,(H2,7,8,9).